The number of methoxy groups -OCH3 is 1. The molecule has 3 rings (SSSR count). The Hall–Kier alpha value is -2.70. The van der Waals surface area contributed by atoms with E-state index in [-0.39, 0.29) is 30.5 Å². The molecule has 0 radical (unpaired) electrons. The van der Waals surface area contributed by atoms with Gasteiger partial charge in [0.05, 0.1) is 18.9 Å². The Kier molecular flexibility index (Phi) is 5.65. The normalized spacial score (nSPS) is 17.2. The molecule has 0 saturated carbocycles. The molecule has 2 heterocycles. The van der Waals surface area contributed by atoms with E-state index < -0.39 is 6.04 Å². The second kappa shape index (κ2) is 8.12. The van der Waals surface area contributed by atoms with E-state index in [1.54, 1.807) is 23.1 Å². The minimum atomic E-state index is -0.514. The molecule has 0 N–H and O–H groups in total. The zero-order chi connectivity index (χ0) is 18.5. The molecule has 2 aromatic rings. The van der Waals surface area contributed by atoms with E-state index in [2.05, 4.69) is 4.98 Å². The summed E-state index contributed by atoms with van der Waals surface area (Å²) < 4.78 is 24.2. The van der Waals surface area contributed by atoms with Gasteiger partial charge in [0.1, 0.15) is 11.9 Å². The van der Waals surface area contributed by atoms with Gasteiger partial charge in [-0.25, -0.2) is 14.2 Å². The monoisotopic (exact) mass is 360 g/mol. The number of oxazole rings is 1. The molecule has 0 bridgehead atoms. The summed E-state index contributed by atoms with van der Waals surface area (Å²) in [4.78, 5) is 30.1. The van der Waals surface area contributed by atoms with Gasteiger partial charge in [0.2, 0.25) is 5.91 Å². The Bertz CT molecular complexity index is 789. The van der Waals surface area contributed by atoms with E-state index in [1.165, 1.54) is 19.4 Å². The van der Waals surface area contributed by atoms with Crippen LogP contribution in [0.15, 0.2) is 34.9 Å². The van der Waals surface area contributed by atoms with Gasteiger partial charge in [0.25, 0.3) is 0 Å². The summed E-state index contributed by atoms with van der Waals surface area (Å²) in [6.07, 6.45) is 4.30. The van der Waals surface area contributed by atoms with Crippen LogP contribution in [-0.4, -0.2) is 41.5 Å². The number of hydrogen-bond acceptors (Lipinski definition) is 5. The summed E-state index contributed by atoms with van der Waals surface area (Å²) >= 11 is 0. The van der Waals surface area contributed by atoms with Crippen LogP contribution in [0.25, 0.3) is 11.3 Å². The summed E-state index contributed by atoms with van der Waals surface area (Å²) in [5, 5.41) is 0. The van der Waals surface area contributed by atoms with Crippen LogP contribution in [-0.2, 0) is 20.7 Å². The standard InChI is InChI=1S/C19H21FN2O4/c1-25-19(24)15-8-4-5-11-22(15)18(23)10-9-17-21-12-16(26-17)13-6-2-3-7-14(13)20/h2-3,6-7,12,15H,4-5,8-11H2,1H3. The van der Waals surface area contributed by atoms with E-state index in [0.29, 0.717) is 30.2 Å². The van der Waals surface area contributed by atoms with Crippen LogP contribution in [0.3, 0.4) is 0 Å². The summed E-state index contributed by atoms with van der Waals surface area (Å²) in [6, 6.07) is 5.77. The SMILES string of the molecule is COC(=O)C1CCCCN1C(=O)CCc1ncc(-c2ccccc2F)o1. The van der Waals surface area contributed by atoms with Crippen LogP contribution in [0.4, 0.5) is 4.39 Å². The van der Waals surface area contributed by atoms with E-state index in [4.69, 9.17) is 9.15 Å². The predicted octanol–water partition coefficient (Wildman–Crippen LogP) is 2.97. The highest BCUT2D eigenvalue weighted by atomic mass is 19.1. The Morgan fingerprint density at radius 2 is 2.15 bits per heavy atom. The Morgan fingerprint density at radius 1 is 1.35 bits per heavy atom. The number of amides is 1. The molecule has 1 amide bonds. The van der Waals surface area contributed by atoms with Crippen molar-refractivity contribution in [2.45, 2.75) is 38.1 Å². The minimum Gasteiger partial charge on any atom is -0.467 e. The molecule has 1 saturated heterocycles. The molecular weight excluding hydrogens is 339 g/mol. The maximum absolute atomic E-state index is 13.8. The molecule has 1 aliphatic heterocycles. The third-order valence-electron chi connectivity index (χ3n) is 4.54. The van der Waals surface area contributed by atoms with Gasteiger partial charge in [-0.2, -0.15) is 0 Å². The second-order valence-corrected chi connectivity index (χ2v) is 6.22. The fourth-order valence-corrected chi connectivity index (χ4v) is 3.18. The fourth-order valence-electron chi connectivity index (χ4n) is 3.18. The number of benzene rings is 1. The molecule has 1 unspecified atom stereocenters. The van der Waals surface area contributed by atoms with Crippen molar-refractivity contribution in [1.82, 2.24) is 9.88 Å². The number of carbonyl (C=O) groups is 2. The van der Waals surface area contributed by atoms with Crippen LogP contribution in [0, 0.1) is 5.82 Å². The van der Waals surface area contributed by atoms with Crippen molar-refractivity contribution in [1.29, 1.82) is 0 Å². The zero-order valence-electron chi connectivity index (χ0n) is 14.6. The maximum Gasteiger partial charge on any atom is 0.328 e. The van der Waals surface area contributed by atoms with Crippen molar-refractivity contribution in [3.8, 4) is 11.3 Å². The van der Waals surface area contributed by atoms with Crippen molar-refractivity contribution in [2.75, 3.05) is 13.7 Å². The van der Waals surface area contributed by atoms with Crippen molar-refractivity contribution in [2.24, 2.45) is 0 Å². The van der Waals surface area contributed by atoms with E-state index in [9.17, 15) is 14.0 Å². The second-order valence-electron chi connectivity index (χ2n) is 6.22. The number of halogens is 1. The number of esters is 1. The van der Waals surface area contributed by atoms with Crippen molar-refractivity contribution < 1.29 is 23.1 Å². The van der Waals surface area contributed by atoms with Gasteiger partial charge >= 0.3 is 5.97 Å². The van der Waals surface area contributed by atoms with Crippen LogP contribution < -0.4 is 0 Å². The predicted molar refractivity (Wildman–Crippen MR) is 91.6 cm³/mol. The lowest BCUT2D eigenvalue weighted by Crippen LogP contribution is -2.48. The number of piperidine rings is 1. The average molecular weight is 360 g/mol. The molecule has 1 atom stereocenters. The molecule has 1 aromatic carbocycles. The number of aromatic nitrogens is 1. The first-order valence-corrected chi connectivity index (χ1v) is 8.67. The lowest BCUT2D eigenvalue weighted by atomic mass is 10.0. The third-order valence-corrected chi connectivity index (χ3v) is 4.54. The van der Waals surface area contributed by atoms with Gasteiger partial charge < -0.3 is 14.1 Å². The van der Waals surface area contributed by atoms with Gasteiger partial charge in [0, 0.05) is 19.4 Å². The number of hydrogen-bond donors (Lipinski definition) is 0. The molecule has 0 spiro atoms. The molecule has 6 nitrogen and oxygen atoms in total. The third kappa shape index (κ3) is 3.92. The molecule has 26 heavy (non-hydrogen) atoms. The first-order valence-electron chi connectivity index (χ1n) is 8.67. The fraction of sp³-hybridized carbons (Fsp3) is 0.421. The number of carbonyl (C=O) groups excluding carboxylic acids is 2. The highest BCUT2D eigenvalue weighted by molar-refractivity contribution is 5.84. The molecule has 0 aliphatic carbocycles. The molecular formula is C19H21FN2O4. The highest BCUT2D eigenvalue weighted by Gasteiger charge is 2.32. The number of likely N-dealkylation sites (tertiary alicyclic amines) is 1. The number of rotatable bonds is 5. The average Bonchev–Trinajstić information content (AvgIpc) is 3.14. The largest absolute Gasteiger partial charge is 0.467 e. The van der Waals surface area contributed by atoms with E-state index in [0.717, 1.165) is 12.8 Å². The van der Waals surface area contributed by atoms with Crippen LogP contribution >= 0.6 is 0 Å². The van der Waals surface area contributed by atoms with Gasteiger partial charge in [-0.3, -0.25) is 4.79 Å². The summed E-state index contributed by atoms with van der Waals surface area (Å²) in [6.45, 7) is 0.546. The quantitative estimate of drug-likeness (QED) is 0.767. The van der Waals surface area contributed by atoms with Crippen molar-refractivity contribution >= 4 is 11.9 Å². The van der Waals surface area contributed by atoms with Crippen LogP contribution in [0.5, 0.6) is 0 Å². The molecule has 7 heteroatoms. The van der Waals surface area contributed by atoms with Crippen LogP contribution in [0.2, 0.25) is 0 Å². The summed E-state index contributed by atoms with van der Waals surface area (Å²) in [5.41, 5.74) is 0.333. The topological polar surface area (TPSA) is 72.6 Å². The molecule has 1 aromatic heterocycles. The molecule has 138 valence electrons. The van der Waals surface area contributed by atoms with Gasteiger partial charge in [-0.1, -0.05) is 12.1 Å². The van der Waals surface area contributed by atoms with E-state index >= 15 is 0 Å². The van der Waals surface area contributed by atoms with Gasteiger partial charge in [-0.05, 0) is 31.4 Å². The van der Waals surface area contributed by atoms with Crippen LogP contribution in [0.1, 0.15) is 31.6 Å². The lowest BCUT2D eigenvalue weighted by Gasteiger charge is -2.33. The molecule has 1 fully saturated rings. The van der Waals surface area contributed by atoms with E-state index in [1.807, 2.05) is 0 Å². The summed E-state index contributed by atoms with van der Waals surface area (Å²) in [7, 11) is 1.33. The lowest BCUT2D eigenvalue weighted by molar-refractivity contribution is -0.154. The minimum absolute atomic E-state index is 0.134. The Morgan fingerprint density at radius 3 is 2.92 bits per heavy atom. The van der Waals surface area contributed by atoms with Gasteiger partial charge in [0.15, 0.2) is 11.7 Å². The summed E-state index contributed by atoms with van der Waals surface area (Å²) in [5.74, 6) is -0.207. The molecule has 1 aliphatic rings. The number of nitrogens with zero attached hydrogens (tertiary/aromatic N) is 2. The first-order chi connectivity index (χ1) is 12.6. The number of aryl methyl sites for hydroxylation is 1. The van der Waals surface area contributed by atoms with Gasteiger partial charge in [-0.15, -0.1) is 0 Å². The maximum atomic E-state index is 13.8. The smallest absolute Gasteiger partial charge is 0.328 e. The zero-order valence-corrected chi connectivity index (χ0v) is 14.6. The van der Waals surface area contributed by atoms with Crippen molar-refractivity contribution in [3.05, 3.63) is 42.2 Å². The number of ether oxygens (including phenoxy) is 1. The highest BCUT2D eigenvalue weighted by Crippen LogP contribution is 2.24. The Balaban J connectivity index is 1.63. The van der Waals surface area contributed by atoms with Crippen molar-refractivity contribution in [3.63, 3.8) is 0 Å². The first kappa shape index (κ1) is 18.1. The Labute approximate surface area is 151 Å².